The zero-order chi connectivity index (χ0) is 21.1. The number of benzene rings is 1. The Morgan fingerprint density at radius 1 is 0.964 bits per heavy atom. The van der Waals surface area contributed by atoms with Crippen LogP contribution in [0.3, 0.4) is 0 Å². The van der Waals surface area contributed by atoms with Gasteiger partial charge in [-0.15, -0.1) is 0 Å². The first-order chi connectivity index (χ1) is 13.4. The molecule has 1 aromatic rings. The molecule has 2 unspecified atom stereocenters. The van der Waals surface area contributed by atoms with E-state index in [9.17, 15) is 19.2 Å². The number of carbonyl (C=O) groups excluding carboxylic acids is 4. The summed E-state index contributed by atoms with van der Waals surface area (Å²) in [5.41, 5.74) is 0.906. The minimum Gasteiger partial charge on any atom is -0.469 e. The SMILES string of the molecule is CCOC(=O)C(N=Cc1ccc(C(=O)OC)cc1)C(CC(=O)OC)C(=O)OC. The van der Waals surface area contributed by atoms with Gasteiger partial charge in [-0.05, 0) is 24.6 Å². The molecule has 0 N–H and O–H groups in total. The highest BCUT2D eigenvalue weighted by molar-refractivity contribution is 5.92. The number of hydrogen-bond donors (Lipinski definition) is 0. The molecule has 0 amide bonds. The fourth-order valence-corrected chi connectivity index (χ4v) is 2.28. The summed E-state index contributed by atoms with van der Waals surface area (Å²) in [6, 6.07) is 4.93. The number of nitrogens with zero attached hydrogens (tertiary/aromatic N) is 1. The van der Waals surface area contributed by atoms with Crippen molar-refractivity contribution in [3.05, 3.63) is 35.4 Å². The lowest BCUT2D eigenvalue weighted by Gasteiger charge is -2.19. The van der Waals surface area contributed by atoms with E-state index in [-0.39, 0.29) is 6.61 Å². The Hall–Kier alpha value is -3.23. The second-order valence-corrected chi connectivity index (χ2v) is 5.50. The number of carbonyl (C=O) groups is 4. The van der Waals surface area contributed by atoms with Crippen LogP contribution in [0.4, 0.5) is 0 Å². The van der Waals surface area contributed by atoms with Gasteiger partial charge in [0.15, 0.2) is 6.04 Å². The van der Waals surface area contributed by atoms with Crippen LogP contribution in [0.1, 0.15) is 29.3 Å². The van der Waals surface area contributed by atoms with Gasteiger partial charge in [0.25, 0.3) is 0 Å². The Morgan fingerprint density at radius 3 is 2.11 bits per heavy atom. The van der Waals surface area contributed by atoms with Crippen molar-refractivity contribution in [2.45, 2.75) is 19.4 Å². The fraction of sp³-hybridized carbons (Fsp3) is 0.421. The van der Waals surface area contributed by atoms with Crippen LogP contribution < -0.4 is 0 Å². The van der Waals surface area contributed by atoms with Gasteiger partial charge >= 0.3 is 23.9 Å². The second-order valence-electron chi connectivity index (χ2n) is 5.50. The molecule has 0 spiro atoms. The van der Waals surface area contributed by atoms with E-state index in [0.717, 1.165) is 7.11 Å². The minimum absolute atomic E-state index is 0.0742. The van der Waals surface area contributed by atoms with Crippen LogP contribution in [0.5, 0.6) is 0 Å². The van der Waals surface area contributed by atoms with Crippen LogP contribution in [0.25, 0.3) is 0 Å². The van der Waals surface area contributed by atoms with Gasteiger partial charge in [-0.1, -0.05) is 12.1 Å². The first-order valence-corrected chi connectivity index (χ1v) is 8.40. The van der Waals surface area contributed by atoms with Crippen molar-refractivity contribution in [1.29, 1.82) is 0 Å². The van der Waals surface area contributed by atoms with E-state index in [4.69, 9.17) is 9.47 Å². The summed E-state index contributed by atoms with van der Waals surface area (Å²) in [5, 5.41) is 0. The van der Waals surface area contributed by atoms with Gasteiger partial charge in [0.2, 0.25) is 0 Å². The van der Waals surface area contributed by atoms with Gasteiger partial charge in [-0.25, -0.2) is 9.59 Å². The fourth-order valence-electron chi connectivity index (χ4n) is 2.28. The molecule has 0 bridgehead atoms. The van der Waals surface area contributed by atoms with Gasteiger partial charge in [0.1, 0.15) is 5.92 Å². The highest BCUT2D eigenvalue weighted by atomic mass is 16.5. The van der Waals surface area contributed by atoms with Gasteiger partial charge < -0.3 is 18.9 Å². The number of ether oxygens (including phenoxy) is 4. The zero-order valence-corrected chi connectivity index (χ0v) is 16.2. The van der Waals surface area contributed by atoms with E-state index in [2.05, 4.69) is 14.5 Å². The maximum absolute atomic E-state index is 12.3. The Balaban J connectivity index is 3.15. The largest absolute Gasteiger partial charge is 0.469 e. The maximum Gasteiger partial charge on any atom is 0.337 e. The summed E-state index contributed by atoms with van der Waals surface area (Å²) in [6.07, 6.45) is 0.946. The molecule has 1 rings (SSSR count). The summed E-state index contributed by atoms with van der Waals surface area (Å²) in [6.45, 7) is 1.68. The number of rotatable bonds is 9. The van der Waals surface area contributed by atoms with E-state index >= 15 is 0 Å². The van der Waals surface area contributed by atoms with Crippen molar-refractivity contribution in [3.8, 4) is 0 Å². The van der Waals surface area contributed by atoms with Gasteiger partial charge in [0.05, 0.1) is 39.9 Å². The van der Waals surface area contributed by atoms with Crippen molar-refractivity contribution in [1.82, 2.24) is 0 Å². The number of aliphatic imine (C=N–C) groups is 1. The summed E-state index contributed by atoms with van der Waals surface area (Å²) >= 11 is 0. The number of methoxy groups -OCH3 is 3. The normalized spacial score (nSPS) is 12.7. The third kappa shape index (κ3) is 6.49. The summed E-state index contributed by atoms with van der Waals surface area (Å²) in [4.78, 5) is 51.7. The smallest absolute Gasteiger partial charge is 0.337 e. The van der Waals surface area contributed by atoms with Crippen molar-refractivity contribution < 1.29 is 38.1 Å². The quantitative estimate of drug-likeness (QED) is 0.349. The zero-order valence-electron chi connectivity index (χ0n) is 16.2. The molecule has 0 radical (unpaired) electrons. The summed E-state index contributed by atoms with van der Waals surface area (Å²) < 4.78 is 18.9. The van der Waals surface area contributed by atoms with E-state index in [0.29, 0.717) is 11.1 Å². The summed E-state index contributed by atoms with van der Waals surface area (Å²) in [5.74, 6) is -3.95. The van der Waals surface area contributed by atoms with Crippen molar-refractivity contribution >= 4 is 30.1 Å². The van der Waals surface area contributed by atoms with Crippen molar-refractivity contribution in [2.24, 2.45) is 10.9 Å². The average Bonchev–Trinajstić information content (AvgIpc) is 2.72. The topological polar surface area (TPSA) is 118 Å². The van der Waals surface area contributed by atoms with Crippen LogP contribution in [0.2, 0.25) is 0 Å². The first kappa shape index (κ1) is 22.8. The lowest BCUT2D eigenvalue weighted by molar-refractivity contribution is -0.158. The highest BCUT2D eigenvalue weighted by Gasteiger charge is 2.37. The lowest BCUT2D eigenvalue weighted by atomic mass is 9.96. The molecule has 28 heavy (non-hydrogen) atoms. The molecule has 0 saturated heterocycles. The molecule has 9 nitrogen and oxygen atoms in total. The molecule has 0 fully saturated rings. The van der Waals surface area contributed by atoms with Gasteiger partial charge in [-0.3, -0.25) is 14.6 Å². The lowest BCUT2D eigenvalue weighted by Crippen LogP contribution is -2.37. The van der Waals surface area contributed by atoms with Crippen molar-refractivity contribution in [3.63, 3.8) is 0 Å². The van der Waals surface area contributed by atoms with E-state index in [1.165, 1.54) is 32.6 Å². The van der Waals surface area contributed by atoms with Crippen LogP contribution in [-0.4, -0.2) is 64.1 Å². The molecule has 0 aromatic heterocycles. The van der Waals surface area contributed by atoms with Crippen LogP contribution in [-0.2, 0) is 33.3 Å². The molecule has 0 aliphatic heterocycles. The standard InChI is InChI=1S/C19H23NO8/c1-5-28-19(24)16(14(18(23)27-4)10-15(21)25-2)20-11-12-6-8-13(9-7-12)17(22)26-3/h6-9,11,14,16H,5,10H2,1-4H3. The van der Waals surface area contributed by atoms with Crippen LogP contribution >= 0.6 is 0 Å². The Morgan fingerprint density at radius 2 is 1.61 bits per heavy atom. The number of hydrogen-bond acceptors (Lipinski definition) is 9. The third-order valence-corrected chi connectivity index (χ3v) is 3.74. The molecular formula is C19H23NO8. The molecule has 1 aromatic carbocycles. The molecule has 2 atom stereocenters. The molecule has 0 aliphatic carbocycles. The predicted molar refractivity (Wildman–Crippen MR) is 97.9 cm³/mol. The van der Waals surface area contributed by atoms with Crippen LogP contribution in [0.15, 0.2) is 29.3 Å². The van der Waals surface area contributed by atoms with Gasteiger partial charge in [0, 0.05) is 6.21 Å². The monoisotopic (exact) mass is 393 g/mol. The van der Waals surface area contributed by atoms with Gasteiger partial charge in [-0.2, -0.15) is 0 Å². The predicted octanol–water partition coefficient (Wildman–Crippen LogP) is 1.18. The van der Waals surface area contributed by atoms with E-state index in [1.54, 1.807) is 19.1 Å². The third-order valence-electron chi connectivity index (χ3n) is 3.74. The van der Waals surface area contributed by atoms with E-state index < -0.39 is 42.3 Å². The highest BCUT2D eigenvalue weighted by Crippen LogP contribution is 2.18. The Kier molecular flexibility index (Phi) is 9.35. The maximum atomic E-state index is 12.3. The first-order valence-electron chi connectivity index (χ1n) is 8.40. The number of esters is 4. The molecule has 0 aliphatic rings. The molecular weight excluding hydrogens is 370 g/mol. The molecule has 0 saturated carbocycles. The van der Waals surface area contributed by atoms with Crippen LogP contribution in [0, 0.1) is 5.92 Å². The molecule has 152 valence electrons. The minimum atomic E-state index is -1.30. The second kappa shape index (κ2) is 11.5. The Labute approximate surface area is 162 Å². The van der Waals surface area contributed by atoms with Crippen molar-refractivity contribution in [2.75, 3.05) is 27.9 Å². The van der Waals surface area contributed by atoms with E-state index in [1.807, 2.05) is 0 Å². The summed E-state index contributed by atoms with van der Waals surface area (Å²) in [7, 11) is 3.59. The molecule has 9 heteroatoms. The molecule has 0 heterocycles. The average molecular weight is 393 g/mol. The Bertz CT molecular complexity index is 726.